The Balaban J connectivity index is 2.94. The van der Waals surface area contributed by atoms with Crippen molar-refractivity contribution < 1.29 is 0 Å². The summed E-state index contributed by atoms with van der Waals surface area (Å²) in [6, 6.07) is 8.43. The maximum absolute atomic E-state index is 3.88. The summed E-state index contributed by atoms with van der Waals surface area (Å²) in [7, 11) is 0. The second-order valence-corrected chi connectivity index (χ2v) is 5.46. The van der Waals surface area contributed by atoms with Gasteiger partial charge in [0.25, 0.3) is 0 Å². The van der Waals surface area contributed by atoms with Crippen molar-refractivity contribution >= 4 is 21.6 Å². The van der Waals surface area contributed by atoms with Crippen LogP contribution in [0.3, 0.4) is 0 Å². The Morgan fingerprint density at radius 3 is 2.45 bits per heavy atom. The average Bonchev–Trinajstić information content (AvgIpc) is 2.47. The Hall–Kier alpha value is -1.28. The van der Waals surface area contributed by atoms with Gasteiger partial charge in [0.15, 0.2) is 0 Å². The smallest absolute Gasteiger partial charge is 0.0411 e. The van der Waals surface area contributed by atoms with E-state index in [1.165, 1.54) is 11.4 Å². The van der Waals surface area contributed by atoms with Crippen LogP contribution in [0, 0.1) is 0 Å². The SMILES string of the molecule is C=CCN(/C(=C/C/C=C\CC)CC)c1ccc(Br)cc1. The van der Waals surface area contributed by atoms with E-state index in [2.05, 4.69) is 83.7 Å². The van der Waals surface area contributed by atoms with Crippen molar-refractivity contribution in [1.82, 2.24) is 0 Å². The second kappa shape index (κ2) is 9.60. The predicted octanol–water partition coefficient (Wildman–Crippen LogP) is 6.09. The number of allylic oxidation sites excluding steroid dienone is 4. The van der Waals surface area contributed by atoms with Crippen molar-refractivity contribution in [2.24, 2.45) is 0 Å². The minimum Gasteiger partial charge on any atom is -0.342 e. The highest BCUT2D eigenvalue weighted by atomic mass is 79.9. The average molecular weight is 334 g/mol. The molecule has 0 amide bonds. The first-order valence-electron chi connectivity index (χ1n) is 7.20. The molecule has 0 fully saturated rings. The van der Waals surface area contributed by atoms with Gasteiger partial charge >= 0.3 is 0 Å². The van der Waals surface area contributed by atoms with Gasteiger partial charge < -0.3 is 4.90 Å². The van der Waals surface area contributed by atoms with Gasteiger partial charge in [0.05, 0.1) is 0 Å². The first-order valence-corrected chi connectivity index (χ1v) is 8.00. The zero-order chi connectivity index (χ0) is 14.8. The van der Waals surface area contributed by atoms with E-state index in [0.717, 1.165) is 30.3 Å². The van der Waals surface area contributed by atoms with Gasteiger partial charge in [-0.15, -0.1) is 6.58 Å². The molecule has 0 aliphatic rings. The number of hydrogen-bond donors (Lipinski definition) is 0. The molecule has 0 saturated carbocycles. The molecule has 0 radical (unpaired) electrons. The number of anilines is 1. The third-order valence-corrected chi connectivity index (χ3v) is 3.58. The van der Waals surface area contributed by atoms with Crippen LogP contribution in [0.5, 0.6) is 0 Å². The Labute approximate surface area is 131 Å². The molecule has 20 heavy (non-hydrogen) atoms. The van der Waals surface area contributed by atoms with Gasteiger partial charge in [-0.25, -0.2) is 0 Å². The van der Waals surface area contributed by atoms with Gasteiger partial charge in [-0.05, 0) is 43.5 Å². The summed E-state index contributed by atoms with van der Waals surface area (Å²) in [6.45, 7) is 9.07. The van der Waals surface area contributed by atoms with Crippen molar-refractivity contribution in [3.8, 4) is 0 Å². The normalized spacial score (nSPS) is 11.8. The van der Waals surface area contributed by atoms with Gasteiger partial charge in [-0.3, -0.25) is 0 Å². The van der Waals surface area contributed by atoms with E-state index in [1.54, 1.807) is 0 Å². The number of nitrogens with zero attached hydrogens (tertiary/aromatic N) is 1. The molecule has 0 atom stereocenters. The van der Waals surface area contributed by atoms with Crippen LogP contribution in [0.4, 0.5) is 5.69 Å². The van der Waals surface area contributed by atoms with Crippen LogP contribution in [0.15, 0.2) is 65.3 Å². The second-order valence-electron chi connectivity index (χ2n) is 4.54. The topological polar surface area (TPSA) is 3.24 Å². The van der Waals surface area contributed by atoms with Crippen molar-refractivity contribution in [1.29, 1.82) is 0 Å². The molecular formula is C18H24BrN. The molecule has 0 aliphatic carbocycles. The van der Waals surface area contributed by atoms with Crippen LogP contribution in [-0.4, -0.2) is 6.54 Å². The van der Waals surface area contributed by atoms with Crippen LogP contribution in [0.2, 0.25) is 0 Å². The van der Waals surface area contributed by atoms with E-state index in [9.17, 15) is 0 Å². The monoisotopic (exact) mass is 333 g/mol. The maximum atomic E-state index is 3.88. The van der Waals surface area contributed by atoms with Crippen molar-refractivity contribution in [2.45, 2.75) is 33.1 Å². The van der Waals surface area contributed by atoms with E-state index in [4.69, 9.17) is 0 Å². The molecule has 0 heterocycles. The summed E-state index contributed by atoms with van der Waals surface area (Å²) < 4.78 is 1.10. The summed E-state index contributed by atoms with van der Waals surface area (Å²) in [5.74, 6) is 0. The lowest BCUT2D eigenvalue weighted by atomic mass is 10.2. The molecule has 0 unspecified atom stereocenters. The first kappa shape index (κ1) is 16.8. The molecule has 1 nitrogen and oxygen atoms in total. The molecule has 0 spiro atoms. The van der Waals surface area contributed by atoms with Crippen LogP contribution < -0.4 is 4.90 Å². The Kier molecular flexibility index (Phi) is 8.05. The van der Waals surface area contributed by atoms with E-state index in [1.807, 2.05) is 6.08 Å². The maximum Gasteiger partial charge on any atom is 0.0411 e. The van der Waals surface area contributed by atoms with E-state index < -0.39 is 0 Å². The Morgan fingerprint density at radius 1 is 1.20 bits per heavy atom. The van der Waals surface area contributed by atoms with Crippen molar-refractivity contribution in [2.75, 3.05) is 11.4 Å². The molecule has 0 bridgehead atoms. The fraction of sp³-hybridized carbons (Fsp3) is 0.333. The van der Waals surface area contributed by atoms with Crippen LogP contribution >= 0.6 is 15.9 Å². The summed E-state index contributed by atoms with van der Waals surface area (Å²) in [5, 5.41) is 0. The zero-order valence-corrected chi connectivity index (χ0v) is 14.1. The van der Waals surface area contributed by atoms with Crippen LogP contribution in [0.1, 0.15) is 33.1 Å². The quantitative estimate of drug-likeness (QED) is 0.520. The number of rotatable bonds is 8. The van der Waals surface area contributed by atoms with E-state index in [-0.39, 0.29) is 0 Å². The van der Waals surface area contributed by atoms with Gasteiger partial charge in [0, 0.05) is 22.4 Å². The molecule has 0 aromatic heterocycles. The lowest BCUT2D eigenvalue weighted by molar-refractivity contribution is 0.919. The fourth-order valence-corrected chi connectivity index (χ4v) is 2.32. The summed E-state index contributed by atoms with van der Waals surface area (Å²) in [6.07, 6.45) is 11.8. The molecule has 0 N–H and O–H groups in total. The summed E-state index contributed by atoms with van der Waals surface area (Å²) >= 11 is 3.48. The lowest BCUT2D eigenvalue weighted by Gasteiger charge is -2.26. The van der Waals surface area contributed by atoms with Crippen molar-refractivity contribution in [3.05, 3.63) is 65.3 Å². The molecule has 1 rings (SSSR count). The van der Waals surface area contributed by atoms with Crippen molar-refractivity contribution in [3.63, 3.8) is 0 Å². The van der Waals surface area contributed by atoms with E-state index in [0.29, 0.717) is 0 Å². The summed E-state index contributed by atoms with van der Waals surface area (Å²) in [4.78, 5) is 2.32. The van der Waals surface area contributed by atoms with E-state index >= 15 is 0 Å². The number of hydrogen-bond acceptors (Lipinski definition) is 1. The molecule has 1 aromatic carbocycles. The Morgan fingerprint density at radius 2 is 1.90 bits per heavy atom. The largest absolute Gasteiger partial charge is 0.342 e. The highest BCUT2D eigenvalue weighted by Crippen LogP contribution is 2.23. The molecule has 108 valence electrons. The Bertz CT molecular complexity index is 457. The molecule has 0 aliphatic heterocycles. The highest BCUT2D eigenvalue weighted by molar-refractivity contribution is 9.10. The van der Waals surface area contributed by atoms with Gasteiger partial charge in [-0.1, -0.05) is 54.1 Å². The first-order chi connectivity index (χ1) is 9.72. The minimum atomic E-state index is 0.832. The highest BCUT2D eigenvalue weighted by Gasteiger charge is 2.08. The number of halogens is 1. The summed E-state index contributed by atoms with van der Waals surface area (Å²) in [5.41, 5.74) is 2.55. The zero-order valence-electron chi connectivity index (χ0n) is 12.5. The standard InChI is InChI=1S/C18H24BrN/c1-4-7-8-9-10-17(6-3)20(15-5-2)18-13-11-16(19)12-14-18/h5,7-8,10-14H,2,4,6,9,15H2,1,3H3/b8-7-,17-10+. The van der Waals surface area contributed by atoms with Crippen LogP contribution in [-0.2, 0) is 0 Å². The lowest BCUT2D eigenvalue weighted by Crippen LogP contribution is -2.22. The molecule has 1 aromatic rings. The molecule has 2 heteroatoms. The number of benzene rings is 1. The van der Waals surface area contributed by atoms with Gasteiger partial charge in [0.2, 0.25) is 0 Å². The van der Waals surface area contributed by atoms with Crippen LogP contribution in [0.25, 0.3) is 0 Å². The van der Waals surface area contributed by atoms with Gasteiger partial charge in [0.1, 0.15) is 0 Å². The fourth-order valence-electron chi connectivity index (χ4n) is 2.05. The minimum absolute atomic E-state index is 0.832. The third-order valence-electron chi connectivity index (χ3n) is 3.05. The molecule has 0 saturated heterocycles. The van der Waals surface area contributed by atoms with Gasteiger partial charge in [-0.2, -0.15) is 0 Å². The third kappa shape index (κ3) is 5.38. The molecular weight excluding hydrogens is 310 g/mol. The predicted molar refractivity (Wildman–Crippen MR) is 94.1 cm³/mol.